The number of aliphatic carboxylic acids is 1. The summed E-state index contributed by atoms with van der Waals surface area (Å²) in [5, 5.41) is 14.0. The summed E-state index contributed by atoms with van der Waals surface area (Å²) in [5.41, 5.74) is -0.662. The van der Waals surface area contributed by atoms with E-state index >= 15 is 0 Å². The highest BCUT2D eigenvalue weighted by Crippen LogP contribution is 2.43. The van der Waals surface area contributed by atoms with Crippen LogP contribution in [0.1, 0.15) is 65.2 Å². The molecule has 0 amide bonds. The first-order valence-corrected chi connectivity index (χ1v) is 7.97. The quantitative estimate of drug-likeness (QED) is 0.904. The minimum absolute atomic E-state index is 0.209. The zero-order valence-corrected chi connectivity index (χ0v) is 13.5. The summed E-state index contributed by atoms with van der Waals surface area (Å²) < 4.78 is 1.85. The zero-order chi connectivity index (χ0) is 15.6. The van der Waals surface area contributed by atoms with Crippen molar-refractivity contribution in [2.24, 2.45) is 17.3 Å². The smallest absolute Gasteiger partial charge is 0.310 e. The van der Waals surface area contributed by atoms with Gasteiger partial charge in [-0.25, -0.2) is 9.67 Å². The summed E-state index contributed by atoms with van der Waals surface area (Å²) in [6.45, 7) is 8.55. The lowest BCUT2D eigenvalue weighted by Gasteiger charge is -2.38. The number of carboxylic acids is 1. The summed E-state index contributed by atoms with van der Waals surface area (Å²) in [6.07, 6.45) is 5.52. The molecule has 1 heterocycles. The van der Waals surface area contributed by atoms with Crippen molar-refractivity contribution in [2.75, 3.05) is 0 Å². The van der Waals surface area contributed by atoms with E-state index in [1.807, 2.05) is 18.5 Å². The molecular formula is C16H27N3O2. The van der Waals surface area contributed by atoms with Crippen molar-refractivity contribution in [1.29, 1.82) is 0 Å². The normalized spacial score (nSPS) is 26.5. The Kier molecular flexibility index (Phi) is 4.69. The number of hydrogen-bond donors (Lipinski definition) is 1. The average molecular weight is 293 g/mol. The van der Waals surface area contributed by atoms with Gasteiger partial charge in [0.25, 0.3) is 0 Å². The molecule has 0 atom stereocenters. The molecular weight excluding hydrogens is 266 g/mol. The van der Waals surface area contributed by atoms with Gasteiger partial charge in [0.1, 0.15) is 12.2 Å². The summed E-state index contributed by atoms with van der Waals surface area (Å²) in [6, 6.07) is 0.209. The predicted octanol–water partition coefficient (Wildman–Crippen LogP) is 3.32. The van der Waals surface area contributed by atoms with Gasteiger partial charge in [-0.05, 0) is 51.4 Å². The van der Waals surface area contributed by atoms with Gasteiger partial charge in [-0.15, -0.1) is 0 Å². The van der Waals surface area contributed by atoms with E-state index in [4.69, 9.17) is 0 Å². The fraction of sp³-hybridized carbons (Fsp3) is 0.812. The van der Waals surface area contributed by atoms with Crippen molar-refractivity contribution in [2.45, 2.75) is 65.8 Å². The third kappa shape index (κ3) is 3.27. The third-order valence-corrected chi connectivity index (χ3v) is 5.02. The molecule has 0 aliphatic heterocycles. The maximum absolute atomic E-state index is 11.9. The molecule has 1 aliphatic rings. The fourth-order valence-corrected chi connectivity index (χ4v) is 3.46. The lowest BCUT2D eigenvalue weighted by atomic mass is 9.66. The topological polar surface area (TPSA) is 68.0 Å². The summed E-state index contributed by atoms with van der Waals surface area (Å²) in [4.78, 5) is 16.2. The lowest BCUT2D eigenvalue weighted by Crippen LogP contribution is -2.39. The van der Waals surface area contributed by atoms with Crippen LogP contribution in [0.15, 0.2) is 6.33 Å². The number of nitrogens with zero attached hydrogens (tertiary/aromatic N) is 3. The Bertz CT molecular complexity index is 485. The standard InChI is InChI=1S/C16H27N3O2/c1-11(2)13-5-7-16(8-6-13,15(20)21)9-14-17-10-18-19(14)12(3)4/h10-13H,5-9H2,1-4H3,(H,20,21). The Balaban J connectivity index is 2.17. The first kappa shape index (κ1) is 16.0. The molecule has 0 radical (unpaired) electrons. The van der Waals surface area contributed by atoms with Crippen molar-refractivity contribution >= 4 is 5.97 Å². The van der Waals surface area contributed by atoms with Crippen LogP contribution >= 0.6 is 0 Å². The van der Waals surface area contributed by atoms with E-state index < -0.39 is 11.4 Å². The molecule has 1 N–H and O–H groups in total. The molecule has 1 aromatic heterocycles. The Labute approximate surface area is 126 Å². The molecule has 21 heavy (non-hydrogen) atoms. The van der Waals surface area contributed by atoms with Gasteiger partial charge in [0.15, 0.2) is 0 Å². The number of hydrogen-bond acceptors (Lipinski definition) is 3. The summed E-state index contributed by atoms with van der Waals surface area (Å²) in [7, 11) is 0. The fourth-order valence-electron chi connectivity index (χ4n) is 3.46. The van der Waals surface area contributed by atoms with E-state index in [0.29, 0.717) is 18.3 Å². The molecule has 1 aliphatic carbocycles. The lowest BCUT2D eigenvalue weighted by molar-refractivity contribution is -0.152. The Morgan fingerprint density at radius 2 is 2.00 bits per heavy atom. The van der Waals surface area contributed by atoms with Crippen LogP contribution in [0.25, 0.3) is 0 Å². The minimum Gasteiger partial charge on any atom is -0.481 e. The largest absolute Gasteiger partial charge is 0.481 e. The van der Waals surface area contributed by atoms with E-state index in [1.165, 1.54) is 6.33 Å². The van der Waals surface area contributed by atoms with Gasteiger partial charge < -0.3 is 5.11 Å². The van der Waals surface area contributed by atoms with Gasteiger partial charge in [0.2, 0.25) is 0 Å². The van der Waals surface area contributed by atoms with Crippen LogP contribution < -0.4 is 0 Å². The molecule has 0 spiro atoms. The highest BCUT2D eigenvalue weighted by molar-refractivity contribution is 5.75. The number of carboxylic acid groups (broad SMARTS) is 1. The van der Waals surface area contributed by atoms with E-state index in [0.717, 1.165) is 31.5 Å². The Hall–Kier alpha value is -1.39. The zero-order valence-electron chi connectivity index (χ0n) is 13.5. The summed E-state index contributed by atoms with van der Waals surface area (Å²) in [5.74, 6) is 1.41. The number of aromatic nitrogens is 3. The highest BCUT2D eigenvalue weighted by Gasteiger charge is 2.43. The van der Waals surface area contributed by atoms with Crippen molar-refractivity contribution in [1.82, 2.24) is 14.8 Å². The summed E-state index contributed by atoms with van der Waals surface area (Å²) >= 11 is 0. The Morgan fingerprint density at radius 3 is 2.48 bits per heavy atom. The van der Waals surface area contributed by atoms with Gasteiger partial charge in [0.05, 0.1) is 5.41 Å². The molecule has 0 saturated heterocycles. The van der Waals surface area contributed by atoms with Crippen LogP contribution in [0, 0.1) is 17.3 Å². The van der Waals surface area contributed by atoms with Crippen molar-refractivity contribution in [3.05, 3.63) is 12.2 Å². The molecule has 0 bridgehead atoms. The maximum atomic E-state index is 11.9. The highest BCUT2D eigenvalue weighted by atomic mass is 16.4. The minimum atomic E-state index is -0.678. The molecule has 1 saturated carbocycles. The molecule has 0 aromatic carbocycles. The Morgan fingerprint density at radius 1 is 1.38 bits per heavy atom. The SMILES string of the molecule is CC(C)C1CCC(Cc2ncnn2C(C)C)(C(=O)O)CC1. The average Bonchev–Trinajstić information content (AvgIpc) is 2.87. The van der Waals surface area contributed by atoms with E-state index in [1.54, 1.807) is 0 Å². The van der Waals surface area contributed by atoms with Crippen LogP contribution in [0.5, 0.6) is 0 Å². The maximum Gasteiger partial charge on any atom is 0.310 e. The van der Waals surface area contributed by atoms with Gasteiger partial charge in [-0.2, -0.15) is 5.10 Å². The van der Waals surface area contributed by atoms with Crippen molar-refractivity contribution in [3.8, 4) is 0 Å². The first-order valence-electron chi connectivity index (χ1n) is 7.97. The van der Waals surface area contributed by atoms with Gasteiger partial charge in [-0.1, -0.05) is 13.8 Å². The molecule has 0 unspecified atom stereocenters. The van der Waals surface area contributed by atoms with Crippen LogP contribution in [-0.2, 0) is 11.2 Å². The molecule has 1 aromatic rings. The van der Waals surface area contributed by atoms with Crippen LogP contribution in [0.4, 0.5) is 0 Å². The number of carbonyl (C=O) groups is 1. The van der Waals surface area contributed by atoms with Crippen LogP contribution in [-0.4, -0.2) is 25.8 Å². The third-order valence-electron chi connectivity index (χ3n) is 5.02. The van der Waals surface area contributed by atoms with Gasteiger partial charge in [-0.3, -0.25) is 4.79 Å². The second-order valence-electron chi connectivity index (χ2n) is 7.06. The molecule has 5 heteroatoms. The van der Waals surface area contributed by atoms with Crippen molar-refractivity contribution in [3.63, 3.8) is 0 Å². The van der Waals surface area contributed by atoms with E-state index in [-0.39, 0.29) is 6.04 Å². The van der Waals surface area contributed by atoms with Crippen LogP contribution in [0.3, 0.4) is 0 Å². The second kappa shape index (κ2) is 6.16. The van der Waals surface area contributed by atoms with Gasteiger partial charge >= 0.3 is 5.97 Å². The van der Waals surface area contributed by atoms with E-state index in [2.05, 4.69) is 23.9 Å². The number of rotatable bonds is 5. The van der Waals surface area contributed by atoms with E-state index in [9.17, 15) is 9.90 Å². The molecule has 2 rings (SSSR count). The van der Waals surface area contributed by atoms with Gasteiger partial charge in [0, 0.05) is 12.5 Å². The first-order chi connectivity index (χ1) is 9.85. The monoisotopic (exact) mass is 293 g/mol. The molecule has 118 valence electrons. The van der Waals surface area contributed by atoms with Crippen LogP contribution in [0.2, 0.25) is 0 Å². The van der Waals surface area contributed by atoms with Crippen molar-refractivity contribution < 1.29 is 9.90 Å². The second-order valence-corrected chi connectivity index (χ2v) is 7.06. The molecule has 1 fully saturated rings. The predicted molar refractivity (Wildman–Crippen MR) is 81.0 cm³/mol. The molecule has 5 nitrogen and oxygen atoms in total.